The summed E-state index contributed by atoms with van der Waals surface area (Å²) in [5.74, 6) is -0.115. The maximum absolute atomic E-state index is 12.8. The highest BCUT2D eigenvalue weighted by Gasteiger charge is 2.21. The van der Waals surface area contributed by atoms with Crippen LogP contribution in [-0.2, 0) is 11.2 Å². The summed E-state index contributed by atoms with van der Waals surface area (Å²) in [6, 6.07) is 6.62. The first kappa shape index (κ1) is 14.0. The quantitative estimate of drug-likeness (QED) is 0.873. The molecule has 2 unspecified atom stereocenters. The number of hydrogen-bond donors (Lipinski definition) is 2. The van der Waals surface area contributed by atoms with Crippen LogP contribution in [0.15, 0.2) is 24.3 Å². The van der Waals surface area contributed by atoms with Crippen molar-refractivity contribution in [3.05, 3.63) is 35.6 Å². The van der Waals surface area contributed by atoms with Gasteiger partial charge in [-0.1, -0.05) is 12.1 Å². The third kappa shape index (κ3) is 4.31. The molecular weight excluding hydrogens is 243 g/mol. The Labute approximate surface area is 113 Å². The van der Waals surface area contributed by atoms with Gasteiger partial charge in [0.2, 0.25) is 5.91 Å². The van der Waals surface area contributed by atoms with Crippen molar-refractivity contribution in [2.75, 3.05) is 6.54 Å². The molecule has 2 N–H and O–H groups in total. The van der Waals surface area contributed by atoms with Crippen LogP contribution in [0.2, 0.25) is 0 Å². The monoisotopic (exact) mass is 264 g/mol. The van der Waals surface area contributed by atoms with Gasteiger partial charge in [0.05, 0.1) is 6.04 Å². The van der Waals surface area contributed by atoms with Crippen molar-refractivity contribution in [2.24, 2.45) is 0 Å². The molecule has 0 bridgehead atoms. The molecule has 0 aromatic heterocycles. The summed E-state index contributed by atoms with van der Waals surface area (Å²) >= 11 is 0. The summed E-state index contributed by atoms with van der Waals surface area (Å²) in [7, 11) is 0. The predicted molar refractivity (Wildman–Crippen MR) is 73.4 cm³/mol. The summed E-state index contributed by atoms with van der Waals surface area (Å²) < 4.78 is 12.8. The van der Waals surface area contributed by atoms with Gasteiger partial charge in [0.1, 0.15) is 5.82 Å². The molecule has 0 spiro atoms. The van der Waals surface area contributed by atoms with Gasteiger partial charge in [-0.15, -0.1) is 0 Å². The lowest BCUT2D eigenvalue weighted by Crippen LogP contribution is -2.47. The van der Waals surface area contributed by atoms with E-state index in [9.17, 15) is 9.18 Å². The van der Waals surface area contributed by atoms with Gasteiger partial charge in [-0.25, -0.2) is 4.39 Å². The highest BCUT2D eigenvalue weighted by Crippen LogP contribution is 2.09. The van der Waals surface area contributed by atoms with E-state index in [1.54, 1.807) is 12.1 Å². The number of carbonyl (C=O) groups is 1. The third-order valence-corrected chi connectivity index (χ3v) is 3.48. The van der Waals surface area contributed by atoms with Gasteiger partial charge < -0.3 is 10.6 Å². The number of amides is 1. The van der Waals surface area contributed by atoms with Crippen molar-refractivity contribution in [2.45, 2.75) is 44.7 Å². The van der Waals surface area contributed by atoms with Gasteiger partial charge in [-0.2, -0.15) is 0 Å². The Hall–Kier alpha value is -1.42. The van der Waals surface area contributed by atoms with E-state index in [2.05, 4.69) is 17.6 Å². The minimum Gasteiger partial charge on any atom is -0.355 e. The number of benzene rings is 1. The molecule has 1 aliphatic heterocycles. The van der Waals surface area contributed by atoms with Crippen LogP contribution in [0, 0.1) is 5.82 Å². The normalized spacial score (nSPS) is 21.6. The molecule has 1 aromatic carbocycles. The second-order valence-electron chi connectivity index (χ2n) is 5.24. The minimum atomic E-state index is -0.215. The largest absolute Gasteiger partial charge is 0.355 e. The van der Waals surface area contributed by atoms with Gasteiger partial charge in [-0.05, 0) is 50.3 Å². The van der Waals surface area contributed by atoms with E-state index in [-0.39, 0.29) is 23.8 Å². The van der Waals surface area contributed by atoms with Crippen molar-refractivity contribution in [1.82, 2.24) is 10.6 Å². The number of halogens is 1. The summed E-state index contributed by atoms with van der Waals surface area (Å²) in [6.45, 7) is 2.84. The van der Waals surface area contributed by atoms with Crippen LogP contribution in [-0.4, -0.2) is 24.5 Å². The Bertz CT molecular complexity index is 419. The number of carbonyl (C=O) groups excluding carboxylic acids is 1. The molecule has 19 heavy (non-hydrogen) atoms. The molecule has 2 atom stereocenters. The maximum atomic E-state index is 12.8. The van der Waals surface area contributed by atoms with Crippen LogP contribution in [0.3, 0.4) is 0 Å². The highest BCUT2D eigenvalue weighted by molar-refractivity contribution is 5.81. The van der Waals surface area contributed by atoms with Crippen LogP contribution in [0.4, 0.5) is 4.39 Å². The van der Waals surface area contributed by atoms with Crippen LogP contribution in [0.5, 0.6) is 0 Å². The summed E-state index contributed by atoms with van der Waals surface area (Å²) in [6.07, 6.45) is 3.81. The third-order valence-electron chi connectivity index (χ3n) is 3.48. The summed E-state index contributed by atoms with van der Waals surface area (Å²) in [4.78, 5) is 11.8. The van der Waals surface area contributed by atoms with E-state index in [0.29, 0.717) is 0 Å². The average molecular weight is 264 g/mol. The Morgan fingerprint density at radius 3 is 2.84 bits per heavy atom. The smallest absolute Gasteiger partial charge is 0.237 e. The van der Waals surface area contributed by atoms with Crippen molar-refractivity contribution in [3.63, 3.8) is 0 Å². The van der Waals surface area contributed by atoms with E-state index in [1.165, 1.54) is 12.1 Å². The molecule has 0 aliphatic carbocycles. The number of rotatable bonds is 4. The molecule has 1 heterocycles. The van der Waals surface area contributed by atoms with E-state index in [4.69, 9.17) is 0 Å². The molecule has 3 nitrogen and oxygen atoms in total. The SMILES string of the molecule is CC(Cc1ccc(F)cc1)NC1CCCCNC1=O. The average Bonchev–Trinajstić information content (AvgIpc) is 2.58. The summed E-state index contributed by atoms with van der Waals surface area (Å²) in [5, 5.41) is 6.29. The standard InChI is InChI=1S/C15H21FN2O/c1-11(10-12-5-7-13(16)8-6-12)18-14-4-2-3-9-17-15(14)19/h5-8,11,14,18H,2-4,9-10H2,1H3,(H,17,19). The van der Waals surface area contributed by atoms with Crippen molar-refractivity contribution < 1.29 is 9.18 Å². The lowest BCUT2D eigenvalue weighted by atomic mass is 10.0. The zero-order valence-corrected chi connectivity index (χ0v) is 11.3. The molecule has 0 radical (unpaired) electrons. The predicted octanol–water partition coefficient (Wildman–Crippen LogP) is 2.02. The molecule has 1 fully saturated rings. The zero-order chi connectivity index (χ0) is 13.7. The van der Waals surface area contributed by atoms with Crippen LogP contribution < -0.4 is 10.6 Å². The molecule has 1 amide bonds. The van der Waals surface area contributed by atoms with E-state index < -0.39 is 0 Å². The number of hydrogen-bond acceptors (Lipinski definition) is 2. The Morgan fingerprint density at radius 2 is 2.11 bits per heavy atom. The van der Waals surface area contributed by atoms with Crippen molar-refractivity contribution in [3.8, 4) is 0 Å². The first-order chi connectivity index (χ1) is 9.15. The van der Waals surface area contributed by atoms with Gasteiger partial charge >= 0.3 is 0 Å². The van der Waals surface area contributed by atoms with Crippen LogP contribution in [0.25, 0.3) is 0 Å². The molecule has 4 heteroatoms. The molecule has 104 valence electrons. The molecule has 1 aliphatic rings. The molecule has 1 aromatic rings. The summed E-state index contributed by atoms with van der Waals surface area (Å²) in [5.41, 5.74) is 1.08. The Kier molecular flexibility index (Phi) is 4.91. The highest BCUT2D eigenvalue weighted by atomic mass is 19.1. The van der Waals surface area contributed by atoms with Gasteiger partial charge in [-0.3, -0.25) is 4.79 Å². The molecule has 0 saturated carbocycles. The fourth-order valence-corrected chi connectivity index (χ4v) is 2.47. The first-order valence-electron chi connectivity index (χ1n) is 6.93. The Balaban J connectivity index is 1.87. The lowest BCUT2D eigenvalue weighted by Gasteiger charge is -2.21. The molecular formula is C15H21FN2O. The fraction of sp³-hybridized carbons (Fsp3) is 0.533. The van der Waals surface area contributed by atoms with Crippen LogP contribution >= 0.6 is 0 Å². The van der Waals surface area contributed by atoms with E-state index >= 15 is 0 Å². The second-order valence-corrected chi connectivity index (χ2v) is 5.24. The second kappa shape index (κ2) is 6.66. The number of nitrogens with one attached hydrogen (secondary N) is 2. The van der Waals surface area contributed by atoms with Crippen molar-refractivity contribution >= 4 is 5.91 Å². The van der Waals surface area contributed by atoms with Gasteiger partial charge in [0.15, 0.2) is 0 Å². The molecule has 2 rings (SSSR count). The van der Waals surface area contributed by atoms with Crippen molar-refractivity contribution in [1.29, 1.82) is 0 Å². The fourth-order valence-electron chi connectivity index (χ4n) is 2.47. The minimum absolute atomic E-state index is 0.0991. The van der Waals surface area contributed by atoms with Crippen LogP contribution in [0.1, 0.15) is 31.7 Å². The van der Waals surface area contributed by atoms with Gasteiger partial charge in [0.25, 0.3) is 0 Å². The zero-order valence-electron chi connectivity index (χ0n) is 11.3. The topological polar surface area (TPSA) is 41.1 Å². The maximum Gasteiger partial charge on any atom is 0.237 e. The van der Waals surface area contributed by atoms with Gasteiger partial charge in [0, 0.05) is 12.6 Å². The first-order valence-corrected chi connectivity index (χ1v) is 6.93. The molecule has 1 saturated heterocycles. The van der Waals surface area contributed by atoms with E-state index in [0.717, 1.165) is 37.8 Å². The van der Waals surface area contributed by atoms with E-state index in [1.807, 2.05) is 0 Å². The lowest BCUT2D eigenvalue weighted by molar-refractivity contribution is -0.123. The Morgan fingerprint density at radius 1 is 1.37 bits per heavy atom.